The van der Waals surface area contributed by atoms with E-state index in [1.54, 1.807) is 4.90 Å². The molecule has 2 heterocycles. The van der Waals surface area contributed by atoms with Gasteiger partial charge >= 0.3 is 0 Å². The number of likely N-dealkylation sites (N-methyl/N-ethyl adjacent to an activating group) is 1. The van der Waals surface area contributed by atoms with E-state index >= 15 is 0 Å². The largest absolute Gasteiger partial charge is 0.316 e. The smallest absolute Gasteiger partial charge is 0.245 e. The molecule has 114 valence electrons. The quantitative estimate of drug-likeness (QED) is 0.751. The van der Waals surface area contributed by atoms with Gasteiger partial charge in [0, 0.05) is 31.2 Å². The maximum absolute atomic E-state index is 12.8. The number of nitrogens with zero attached hydrogens (tertiary/aromatic N) is 1. The molecule has 1 amide bonds. The van der Waals surface area contributed by atoms with Gasteiger partial charge in [0.1, 0.15) is 6.04 Å². The van der Waals surface area contributed by atoms with Crippen LogP contribution >= 0.6 is 0 Å². The maximum Gasteiger partial charge on any atom is 0.245 e. The van der Waals surface area contributed by atoms with Gasteiger partial charge in [0.15, 0.2) is 0 Å². The minimum Gasteiger partial charge on any atom is -0.316 e. The van der Waals surface area contributed by atoms with Gasteiger partial charge in [-0.2, -0.15) is 0 Å². The summed E-state index contributed by atoms with van der Waals surface area (Å²) in [7, 11) is 1.86. The van der Waals surface area contributed by atoms with E-state index in [9.17, 15) is 4.79 Å². The summed E-state index contributed by atoms with van der Waals surface area (Å²) in [5.41, 5.74) is 9.80. The van der Waals surface area contributed by atoms with Crippen molar-refractivity contribution in [1.29, 1.82) is 0 Å². The molecule has 2 aliphatic rings. The molecule has 0 saturated carbocycles. The number of nitrogens with one attached hydrogen (secondary N) is 3. The molecule has 2 saturated heterocycles. The Kier molecular flexibility index (Phi) is 3.97. The Hall–Kier alpha value is -1.43. The summed E-state index contributed by atoms with van der Waals surface area (Å²) in [5, 5.41) is 3.39. The molecule has 1 aromatic rings. The number of hydrogen-bond acceptors (Lipinski definition) is 4. The van der Waals surface area contributed by atoms with Crippen LogP contribution in [-0.4, -0.2) is 38.1 Å². The van der Waals surface area contributed by atoms with Crippen LogP contribution in [0.2, 0.25) is 0 Å². The normalized spacial score (nSPS) is 28.2. The minimum absolute atomic E-state index is 0.128. The fourth-order valence-corrected chi connectivity index (χ4v) is 3.44. The van der Waals surface area contributed by atoms with Crippen LogP contribution in [0.25, 0.3) is 0 Å². The van der Waals surface area contributed by atoms with Crippen LogP contribution in [0.15, 0.2) is 18.2 Å². The highest BCUT2D eigenvalue weighted by Crippen LogP contribution is 2.24. The van der Waals surface area contributed by atoms with Gasteiger partial charge in [-0.25, -0.2) is 5.43 Å². The van der Waals surface area contributed by atoms with Gasteiger partial charge < -0.3 is 10.2 Å². The highest BCUT2D eigenvalue weighted by atomic mass is 16.2. The SMILES string of the molecule is Cc1cc(C)cc(N(C)C(=O)C2NNC3CCNCC32)c1. The molecule has 3 rings (SSSR count). The zero-order chi connectivity index (χ0) is 15.0. The van der Waals surface area contributed by atoms with Crippen LogP contribution in [0.4, 0.5) is 5.69 Å². The van der Waals surface area contributed by atoms with Crippen molar-refractivity contribution in [3.8, 4) is 0 Å². The fourth-order valence-electron chi connectivity index (χ4n) is 3.44. The number of carbonyl (C=O) groups is 1. The maximum atomic E-state index is 12.8. The first-order valence-corrected chi connectivity index (χ1v) is 7.64. The van der Waals surface area contributed by atoms with E-state index in [4.69, 9.17) is 0 Å². The Labute approximate surface area is 126 Å². The van der Waals surface area contributed by atoms with Gasteiger partial charge in [-0.05, 0) is 50.1 Å². The Balaban J connectivity index is 1.78. The van der Waals surface area contributed by atoms with Crippen molar-refractivity contribution in [3.05, 3.63) is 29.3 Å². The first-order chi connectivity index (χ1) is 10.1. The lowest BCUT2D eigenvalue weighted by atomic mass is 9.89. The summed E-state index contributed by atoms with van der Waals surface area (Å²) in [4.78, 5) is 14.6. The van der Waals surface area contributed by atoms with E-state index in [0.29, 0.717) is 12.0 Å². The van der Waals surface area contributed by atoms with Crippen LogP contribution in [0.3, 0.4) is 0 Å². The average molecular weight is 288 g/mol. The second-order valence-corrected chi connectivity index (χ2v) is 6.27. The van der Waals surface area contributed by atoms with Crippen LogP contribution in [0.1, 0.15) is 17.5 Å². The van der Waals surface area contributed by atoms with Gasteiger partial charge in [-0.3, -0.25) is 10.2 Å². The Morgan fingerprint density at radius 1 is 1.19 bits per heavy atom. The lowest BCUT2D eigenvalue weighted by molar-refractivity contribution is -0.121. The molecule has 2 fully saturated rings. The molecule has 5 heteroatoms. The topological polar surface area (TPSA) is 56.4 Å². The van der Waals surface area contributed by atoms with E-state index in [-0.39, 0.29) is 11.9 Å². The summed E-state index contributed by atoms with van der Waals surface area (Å²) in [6, 6.07) is 6.48. The molecule has 3 unspecified atom stereocenters. The first-order valence-electron chi connectivity index (χ1n) is 7.64. The molecular weight excluding hydrogens is 264 g/mol. The van der Waals surface area contributed by atoms with Gasteiger partial charge in [0.2, 0.25) is 5.91 Å². The second-order valence-electron chi connectivity index (χ2n) is 6.27. The summed E-state index contributed by atoms with van der Waals surface area (Å²) in [6.07, 6.45) is 1.06. The lowest BCUT2D eigenvalue weighted by Crippen LogP contribution is -2.49. The van der Waals surface area contributed by atoms with Gasteiger partial charge in [-0.1, -0.05) is 6.07 Å². The van der Waals surface area contributed by atoms with E-state index in [2.05, 4.69) is 48.2 Å². The molecule has 5 nitrogen and oxygen atoms in total. The monoisotopic (exact) mass is 288 g/mol. The molecule has 2 aliphatic heterocycles. The molecule has 0 bridgehead atoms. The minimum atomic E-state index is -0.159. The number of rotatable bonds is 2. The van der Waals surface area contributed by atoms with E-state index in [0.717, 1.165) is 25.2 Å². The van der Waals surface area contributed by atoms with Crippen molar-refractivity contribution in [2.24, 2.45) is 5.92 Å². The number of aryl methyl sites for hydroxylation is 2. The van der Waals surface area contributed by atoms with E-state index < -0.39 is 0 Å². The number of benzene rings is 1. The highest BCUT2D eigenvalue weighted by Gasteiger charge is 2.42. The van der Waals surface area contributed by atoms with Crippen molar-refractivity contribution in [2.75, 3.05) is 25.0 Å². The zero-order valence-electron chi connectivity index (χ0n) is 12.9. The number of fused-ring (bicyclic) bond motifs is 1. The number of anilines is 1. The van der Waals surface area contributed by atoms with Gasteiger partial charge in [0.25, 0.3) is 0 Å². The number of piperidine rings is 1. The van der Waals surface area contributed by atoms with Crippen molar-refractivity contribution in [1.82, 2.24) is 16.2 Å². The molecule has 3 N–H and O–H groups in total. The van der Waals surface area contributed by atoms with Crippen molar-refractivity contribution in [2.45, 2.75) is 32.4 Å². The molecule has 3 atom stereocenters. The third-order valence-electron chi connectivity index (χ3n) is 4.57. The van der Waals surface area contributed by atoms with Crippen LogP contribution in [0.5, 0.6) is 0 Å². The molecule has 0 aliphatic carbocycles. The third kappa shape index (κ3) is 2.81. The first kappa shape index (κ1) is 14.5. The number of carbonyl (C=O) groups excluding carboxylic acids is 1. The van der Waals surface area contributed by atoms with E-state index in [1.807, 2.05) is 7.05 Å². The Morgan fingerprint density at radius 3 is 2.62 bits per heavy atom. The van der Waals surface area contributed by atoms with Gasteiger partial charge in [-0.15, -0.1) is 0 Å². The third-order valence-corrected chi connectivity index (χ3v) is 4.57. The molecule has 1 aromatic carbocycles. The van der Waals surface area contributed by atoms with Crippen LogP contribution in [0, 0.1) is 19.8 Å². The molecule has 0 radical (unpaired) electrons. The predicted octanol–water partition coefficient (Wildman–Crippen LogP) is 0.721. The van der Waals surface area contributed by atoms with Crippen LogP contribution < -0.4 is 21.1 Å². The highest BCUT2D eigenvalue weighted by molar-refractivity contribution is 5.97. The van der Waals surface area contributed by atoms with Crippen LogP contribution in [-0.2, 0) is 4.79 Å². The number of amides is 1. The predicted molar refractivity (Wildman–Crippen MR) is 84.2 cm³/mol. The molecule has 21 heavy (non-hydrogen) atoms. The second kappa shape index (κ2) is 5.75. The fraction of sp³-hybridized carbons (Fsp3) is 0.562. The van der Waals surface area contributed by atoms with Crippen molar-refractivity contribution in [3.63, 3.8) is 0 Å². The summed E-state index contributed by atoms with van der Waals surface area (Å²) >= 11 is 0. The molecule has 0 spiro atoms. The summed E-state index contributed by atoms with van der Waals surface area (Å²) in [6.45, 7) is 6.03. The van der Waals surface area contributed by atoms with E-state index in [1.165, 1.54) is 11.1 Å². The molecule has 0 aromatic heterocycles. The number of hydrazine groups is 1. The van der Waals surface area contributed by atoms with Crippen molar-refractivity contribution >= 4 is 11.6 Å². The molecular formula is C16H24N4O. The standard InChI is InChI=1S/C16H24N4O/c1-10-6-11(2)8-12(7-10)20(3)16(21)15-13-9-17-5-4-14(13)18-19-15/h6-8,13-15,17-19H,4-5,9H2,1-3H3. The Bertz CT molecular complexity index is 525. The summed E-state index contributed by atoms with van der Waals surface area (Å²) < 4.78 is 0. The average Bonchev–Trinajstić information content (AvgIpc) is 2.88. The van der Waals surface area contributed by atoms with Crippen molar-refractivity contribution < 1.29 is 4.79 Å². The zero-order valence-corrected chi connectivity index (χ0v) is 12.9. The lowest BCUT2D eigenvalue weighted by Gasteiger charge is -2.29. The Morgan fingerprint density at radius 2 is 1.90 bits per heavy atom. The summed E-state index contributed by atoms with van der Waals surface area (Å²) in [5.74, 6) is 0.448. The number of hydrogen-bond donors (Lipinski definition) is 3. The van der Waals surface area contributed by atoms with Gasteiger partial charge in [0.05, 0.1) is 0 Å².